The third-order valence-corrected chi connectivity index (χ3v) is 1.93. The average molecular weight is 216 g/mol. The maximum atomic E-state index is 13.0. The first-order valence-corrected chi connectivity index (χ1v) is 4.62. The highest BCUT2D eigenvalue weighted by atomic mass is 19.1. The van der Waals surface area contributed by atoms with Crippen molar-refractivity contribution in [3.8, 4) is 0 Å². The highest BCUT2D eigenvalue weighted by Crippen LogP contribution is 2.23. The molecule has 0 unspecified atom stereocenters. The second kappa shape index (κ2) is 5.50. The van der Waals surface area contributed by atoms with Crippen LogP contribution in [0.25, 0.3) is 0 Å². The molecule has 0 heterocycles. The number of halogens is 2. The molecule has 0 saturated carbocycles. The van der Waals surface area contributed by atoms with Gasteiger partial charge in [-0.25, -0.2) is 8.78 Å². The molecule has 3 nitrogen and oxygen atoms in total. The van der Waals surface area contributed by atoms with Gasteiger partial charge in [0.15, 0.2) is 5.82 Å². The predicted octanol–water partition coefficient (Wildman–Crippen LogP) is 2.00. The Morgan fingerprint density at radius 2 is 2.13 bits per heavy atom. The van der Waals surface area contributed by atoms with Crippen LogP contribution in [0, 0.1) is 11.6 Å². The van der Waals surface area contributed by atoms with Crippen LogP contribution >= 0.6 is 0 Å². The summed E-state index contributed by atoms with van der Waals surface area (Å²) in [4.78, 5) is 0. The van der Waals surface area contributed by atoms with Gasteiger partial charge >= 0.3 is 0 Å². The van der Waals surface area contributed by atoms with E-state index in [-0.39, 0.29) is 11.4 Å². The summed E-state index contributed by atoms with van der Waals surface area (Å²) < 4.78 is 30.6. The van der Waals surface area contributed by atoms with Gasteiger partial charge in [-0.3, -0.25) is 0 Å². The summed E-state index contributed by atoms with van der Waals surface area (Å²) in [6.07, 6.45) is 0.744. The molecule has 0 bridgehead atoms. The van der Waals surface area contributed by atoms with Crippen LogP contribution < -0.4 is 11.1 Å². The standard InChI is InChI=1S/C10H14F2N2O/c1-15-4-2-3-14-9-6-7(11)5-8(12)10(9)13/h5-6,14H,2-4,13H2,1H3. The number of hydrogen-bond acceptors (Lipinski definition) is 3. The van der Waals surface area contributed by atoms with E-state index in [1.165, 1.54) is 6.07 Å². The molecule has 1 aromatic rings. The number of methoxy groups -OCH3 is 1. The third kappa shape index (κ3) is 3.36. The fourth-order valence-corrected chi connectivity index (χ4v) is 1.17. The van der Waals surface area contributed by atoms with Crippen molar-refractivity contribution in [1.29, 1.82) is 0 Å². The van der Waals surface area contributed by atoms with Gasteiger partial charge in [0, 0.05) is 26.3 Å². The minimum atomic E-state index is -0.746. The van der Waals surface area contributed by atoms with E-state index in [0.29, 0.717) is 13.2 Å². The van der Waals surface area contributed by atoms with Crippen molar-refractivity contribution in [2.24, 2.45) is 0 Å². The van der Waals surface area contributed by atoms with Gasteiger partial charge in [-0.05, 0) is 12.5 Å². The molecule has 0 saturated heterocycles. The zero-order chi connectivity index (χ0) is 11.3. The smallest absolute Gasteiger partial charge is 0.151 e. The quantitative estimate of drug-likeness (QED) is 0.584. The van der Waals surface area contributed by atoms with E-state index in [2.05, 4.69) is 5.32 Å². The maximum absolute atomic E-state index is 13.0. The van der Waals surface area contributed by atoms with Gasteiger partial charge < -0.3 is 15.8 Å². The molecule has 3 N–H and O–H groups in total. The Morgan fingerprint density at radius 1 is 1.40 bits per heavy atom. The van der Waals surface area contributed by atoms with Crippen LogP contribution in [0.4, 0.5) is 20.2 Å². The van der Waals surface area contributed by atoms with Crippen LogP contribution in [0.2, 0.25) is 0 Å². The normalized spacial score (nSPS) is 10.3. The van der Waals surface area contributed by atoms with E-state index in [9.17, 15) is 8.78 Å². The van der Waals surface area contributed by atoms with Crippen molar-refractivity contribution in [1.82, 2.24) is 0 Å². The van der Waals surface area contributed by atoms with Gasteiger partial charge in [0.25, 0.3) is 0 Å². The summed E-state index contributed by atoms with van der Waals surface area (Å²) in [5, 5.41) is 2.84. The summed E-state index contributed by atoms with van der Waals surface area (Å²) in [5.41, 5.74) is 5.65. The fraction of sp³-hybridized carbons (Fsp3) is 0.400. The van der Waals surface area contributed by atoms with Crippen molar-refractivity contribution in [3.05, 3.63) is 23.8 Å². The summed E-state index contributed by atoms with van der Waals surface area (Å²) in [5.74, 6) is -1.39. The molecule has 0 aromatic heterocycles. The van der Waals surface area contributed by atoms with E-state index in [0.717, 1.165) is 12.5 Å². The number of benzene rings is 1. The topological polar surface area (TPSA) is 47.3 Å². The van der Waals surface area contributed by atoms with E-state index in [4.69, 9.17) is 10.5 Å². The Balaban J connectivity index is 2.60. The molecule has 0 radical (unpaired) electrons. The Morgan fingerprint density at radius 3 is 2.80 bits per heavy atom. The minimum absolute atomic E-state index is 0.0613. The van der Waals surface area contributed by atoms with Crippen LogP contribution in [0.3, 0.4) is 0 Å². The van der Waals surface area contributed by atoms with Crippen LogP contribution in [-0.2, 0) is 4.74 Å². The summed E-state index contributed by atoms with van der Waals surface area (Å²) in [7, 11) is 1.59. The van der Waals surface area contributed by atoms with Gasteiger partial charge in [0.1, 0.15) is 5.82 Å². The van der Waals surface area contributed by atoms with Gasteiger partial charge in [-0.15, -0.1) is 0 Å². The molecule has 0 fully saturated rings. The van der Waals surface area contributed by atoms with Crippen LogP contribution in [0.15, 0.2) is 12.1 Å². The first-order chi connectivity index (χ1) is 7.15. The minimum Gasteiger partial charge on any atom is -0.395 e. The Hall–Kier alpha value is -1.36. The Bertz CT molecular complexity index is 331. The molecule has 84 valence electrons. The number of hydrogen-bond donors (Lipinski definition) is 2. The molecule has 5 heteroatoms. The third-order valence-electron chi connectivity index (χ3n) is 1.93. The van der Waals surface area contributed by atoms with Crippen molar-refractivity contribution in [2.75, 3.05) is 31.3 Å². The molecule has 0 aliphatic heterocycles. The second-order valence-corrected chi connectivity index (χ2v) is 3.12. The summed E-state index contributed by atoms with van der Waals surface area (Å²) in [6, 6.07) is 1.93. The van der Waals surface area contributed by atoms with E-state index in [1.54, 1.807) is 7.11 Å². The summed E-state index contributed by atoms with van der Waals surface area (Å²) >= 11 is 0. The lowest BCUT2D eigenvalue weighted by atomic mass is 10.2. The van der Waals surface area contributed by atoms with Crippen LogP contribution in [0.5, 0.6) is 0 Å². The zero-order valence-corrected chi connectivity index (χ0v) is 8.52. The van der Waals surface area contributed by atoms with E-state index in [1.807, 2.05) is 0 Å². The molecule has 1 aromatic carbocycles. The van der Waals surface area contributed by atoms with Gasteiger partial charge in [0.05, 0.1) is 11.4 Å². The van der Waals surface area contributed by atoms with Crippen LogP contribution in [-0.4, -0.2) is 20.3 Å². The SMILES string of the molecule is COCCCNc1cc(F)cc(F)c1N. The van der Waals surface area contributed by atoms with Gasteiger partial charge in [0.2, 0.25) is 0 Å². The molecule has 0 aliphatic rings. The highest BCUT2D eigenvalue weighted by Gasteiger charge is 2.07. The van der Waals surface area contributed by atoms with Crippen molar-refractivity contribution in [3.63, 3.8) is 0 Å². The van der Waals surface area contributed by atoms with Gasteiger partial charge in [-0.1, -0.05) is 0 Å². The molecular formula is C10H14F2N2O. The Kier molecular flexibility index (Phi) is 4.30. The Labute approximate surface area is 87.2 Å². The number of nitrogen functional groups attached to an aromatic ring is 1. The number of anilines is 2. The average Bonchev–Trinajstić information content (AvgIpc) is 2.19. The molecular weight excluding hydrogens is 202 g/mol. The van der Waals surface area contributed by atoms with E-state index < -0.39 is 11.6 Å². The largest absolute Gasteiger partial charge is 0.395 e. The molecule has 0 aliphatic carbocycles. The zero-order valence-electron chi connectivity index (χ0n) is 8.52. The number of nitrogens with two attached hydrogens (primary N) is 1. The number of nitrogens with one attached hydrogen (secondary N) is 1. The van der Waals surface area contributed by atoms with E-state index >= 15 is 0 Å². The van der Waals surface area contributed by atoms with Crippen LogP contribution in [0.1, 0.15) is 6.42 Å². The number of rotatable bonds is 5. The lowest BCUT2D eigenvalue weighted by molar-refractivity contribution is 0.198. The monoisotopic (exact) mass is 216 g/mol. The fourth-order valence-electron chi connectivity index (χ4n) is 1.17. The second-order valence-electron chi connectivity index (χ2n) is 3.12. The van der Waals surface area contributed by atoms with Crippen molar-refractivity contribution in [2.45, 2.75) is 6.42 Å². The lowest BCUT2D eigenvalue weighted by Gasteiger charge is -2.09. The first-order valence-electron chi connectivity index (χ1n) is 4.62. The van der Waals surface area contributed by atoms with Crippen molar-refractivity contribution >= 4 is 11.4 Å². The number of ether oxygens (including phenoxy) is 1. The predicted molar refractivity (Wildman–Crippen MR) is 55.8 cm³/mol. The first kappa shape index (κ1) is 11.7. The molecule has 1 rings (SSSR count). The molecule has 0 amide bonds. The van der Waals surface area contributed by atoms with Gasteiger partial charge in [-0.2, -0.15) is 0 Å². The molecule has 0 spiro atoms. The maximum Gasteiger partial charge on any atom is 0.151 e. The van der Waals surface area contributed by atoms with Crippen molar-refractivity contribution < 1.29 is 13.5 Å². The summed E-state index contributed by atoms with van der Waals surface area (Å²) in [6.45, 7) is 1.14. The highest BCUT2D eigenvalue weighted by molar-refractivity contribution is 5.66. The molecule has 15 heavy (non-hydrogen) atoms. The lowest BCUT2D eigenvalue weighted by Crippen LogP contribution is -2.08. The molecule has 0 atom stereocenters.